The Morgan fingerprint density at radius 1 is 1.17 bits per heavy atom. The lowest BCUT2D eigenvalue weighted by molar-refractivity contribution is -0.873. The molecule has 0 saturated carbocycles. The topological polar surface area (TPSA) is 43.4 Å². The van der Waals surface area contributed by atoms with E-state index in [1.807, 2.05) is 41.9 Å². The number of likely N-dealkylation sites (N-methyl/N-ethyl adjacent to an activating group) is 1. The smallest absolute Gasteiger partial charge is 0.306 e. The van der Waals surface area contributed by atoms with Gasteiger partial charge in [0.15, 0.2) is 6.10 Å². The second kappa shape index (κ2) is 6.32. The lowest BCUT2D eigenvalue weighted by atomic mass is 9.92. The monoisotopic (exact) mass is 258 g/mol. The first-order chi connectivity index (χ1) is 7.89. The molecule has 1 atom stereocenters. The van der Waals surface area contributed by atoms with Crippen LogP contribution in [-0.2, 0) is 14.3 Å². The first kappa shape index (κ1) is 17.1. The van der Waals surface area contributed by atoms with E-state index in [2.05, 4.69) is 0 Å². The molecule has 4 nitrogen and oxygen atoms in total. The van der Waals surface area contributed by atoms with Crippen molar-refractivity contribution in [2.75, 3.05) is 27.7 Å². The molecule has 0 N–H and O–H groups in total. The molecule has 0 amide bonds. The van der Waals surface area contributed by atoms with E-state index in [1.165, 1.54) is 6.92 Å². The molecule has 0 fully saturated rings. The summed E-state index contributed by atoms with van der Waals surface area (Å²) in [4.78, 5) is 23.0. The molecular weight excluding hydrogens is 230 g/mol. The van der Waals surface area contributed by atoms with Gasteiger partial charge < -0.3 is 9.22 Å². The molecule has 4 heteroatoms. The standard InChI is InChI=1S/C14H28NO3/c1-11(16)8-12(10-15(5,6)7)18-13(17)9-14(2,3)4/h12H,8-10H2,1-7H3/q+1. The summed E-state index contributed by atoms with van der Waals surface area (Å²) in [5.41, 5.74) is -0.0888. The molecule has 1 unspecified atom stereocenters. The molecule has 0 aliphatic heterocycles. The highest BCUT2D eigenvalue weighted by Gasteiger charge is 2.25. The van der Waals surface area contributed by atoms with Crippen LogP contribution in [0.2, 0.25) is 0 Å². The third-order valence-electron chi connectivity index (χ3n) is 2.24. The maximum atomic E-state index is 11.8. The van der Waals surface area contributed by atoms with Crippen molar-refractivity contribution in [2.24, 2.45) is 5.41 Å². The Morgan fingerprint density at radius 3 is 2.00 bits per heavy atom. The summed E-state index contributed by atoms with van der Waals surface area (Å²) in [5.74, 6) is -0.167. The minimum absolute atomic E-state index is 0.0528. The van der Waals surface area contributed by atoms with Crippen molar-refractivity contribution >= 4 is 11.8 Å². The maximum Gasteiger partial charge on any atom is 0.306 e. The zero-order chi connectivity index (χ0) is 14.6. The van der Waals surface area contributed by atoms with Gasteiger partial charge in [-0.3, -0.25) is 9.59 Å². The van der Waals surface area contributed by atoms with Crippen molar-refractivity contribution in [1.29, 1.82) is 0 Å². The van der Waals surface area contributed by atoms with Gasteiger partial charge in [-0.1, -0.05) is 20.8 Å². The molecule has 0 heterocycles. The van der Waals surface area contributed by atoms with E-state index in [1.54, 1.807) is 0 Å². The van der Waals surface area contributed by atoms with Gasteiger partial charge in [0.2, 0.25) is 0 Å². The van der Waals surface area contributed by atoms with E-state index in [4.69, 9.17) is 4.74 Å². The van der Waals surface area contributed by atoms with Crippen LogP contribution >= 0.6 is 0 Å². The van der Waals surface area contributed by atoms with Gasteiger partial charge in [-0.25, -0.2) is 0 Å². The minimum Gasteiger partial charge on any atom is -0.456 e. The first-order valence-electron chi connectivity index (χ1n) is 6.38. The average molecular weight is 258 g/mol. The van der Waals surface area contributed by atoms with Crippen LogP contribution in [0.3, 0.4) is 0 Å². The number of carbonyl (C=O) groups excluding carboxylic acids is 2. The summed E-state index contributed by atoms with van der Waals surface area (Å²) in [5, 5.41) is 0. The zero-order valence-corrected chi connectivity index (χ0v) is 12.9. The highest BCUT2D eigenvalue weighted by Crippen LogP contribution is 2.20. The lowest BCUT2D eigenvalue weighted by Gasteiger charge is -2.29. The fourth-order valence-electron chi connectivity index (χ4n) is 1.74. The van der Waals surface area contributed by atoms with Crippen LogP contribution in [0.15, 0.2) is 0 Å². The molecule has 0 rings (SSSR count). The van der Waals surface area contributed by atoms with Crippen LogP contribution in [0.1, 0.15) is 40.5 Å². The largest absolute Gasteiger partial charge is 0.456 e. The Labute approximate surface area is 111 Å². The summed E-state index contributed by atoms with van der Waals surface area (Å²) in [7, 11) is 6.06. The Hall–Kier alpha value is -0.900. The fraction of sp³-hybridized carbons (Fsp3) is 0.857. The molecule has 0 aromatic carbocycles. The van der Waals surface area contributed by atoms with Gasteiger partial charge in [-0.2, -0.15) is 0 Å². The molecule has 0 radical (unpaired) electrons. The molecule has 0 bridgehead atoms. The van der Waals surface area contributed by atoms with Gasteiger partial charge in [0, 0.05) is 6.42 Å². The minimum atomic E-state index is -0.322. The predicted octanol–water partition coefficient (Wildman–Crippen LogP) is 2.02. The second-order valence-electron chi connectivity index (χ2n) is 7.23. The summed E-state index contributed by atoms with van der Waals surface area (Å²) in [6.07, 6.45) is 0.349. The molecule has 0 spiro atoms. The Kier molecular flexibility index (Phi) is 6.00. The van der Waals surface area contributed by atoms with E-state index >= 15 is 0 Å². The van der Waals surface area contributed by atoms with Crippen LogP contribution in [0.5, 0.6) is 0 Å². The third kappa shape index (κ3) is 10.3. The Morgan fingerprint density at radius 2 is 1.67 bits per heavy atom. The molecule has 106 valence electrons. The molecule has 0 aliphatic rings. The van der Waals surface area contributed by atoms with Gasteiger partial charge in [0.05, 0.1) is 27.6 Å². The van der Waals surface area contributed by atoms with E-state index in [-0.39, 0.29) is 23.3 Å². The highest BCUT2D eigenvalue weighted by atomic mass is 16.5. The number of quaternary nitrogens is 1. The summed E-state index contributed by atoms with van der Waals surface area (Å²) >= 11 is 0. The highest BCUT2D eigenvalue weighted by molar-refractivity contribution is 5.77. The van der Waals surface area contributed by atoms with Crippen molar-refractivity contribution in [1.82, 2.24) is 0 Å². The van der Waals surface area contributed by atoms with Crippen molar-refractivity contribution < 1.29 is 18.8 Å². The normalized spacial score (nSPS) is 14.2. The van der Waals surface area contributed by atoms with Gasteiger partial charge >= 0.3 is 5.97 Å². The first-order valence-corrected chi connectivity index (χ1v) is 6.38. The quantitative estimate of drug-likeness (QED) is 0.541. The van der Waals surface area contributed by atoms with Crippen molar-refractivity contribution in [3.05, 3.63) is 0 Å². The number of ketones is 1. The van der Waals surface area contributed by atoms with Crippen LogP contribution in [0.25, 0.3) is 0 Å². The van der Waals surface area contributed by atoms with Gasteiger partial charge in [0.1, 0.15) is 12.3 Å². The van der Waals surface area contributed by atoms with E-state index in [0.717, 1.165) is 0 Å². The molecule has 0 aliphatic carbocycles. The van der Waals surface area contributed by atoms with Crippen molar-refractivity contribution in [2.45, 2.75) is 46.6 Å². The molecule has 0 aromatic rings. The average Bonchev–Trinajstić information content (AvgIpc) is 1.92. The molecule has 18 heavy (non-hydrogen) atoms. The number of ether oxygens (including phenoxy) is 1. The number of esters is 1. The van der Waals surface area contributed by atoms with E-state index in [0.29, 0.717) is 23.9 Å². The lowest BCUT2D eigenvalue weighted by Crippen LogP contribution is -2.43. The van der Waals surface area contributed by atoms with E-state index < -0.39 is 0 Å². The molecule has 0 aromatic heterocycles. The number of hydrogen-bond donors (Lipinski definition) is 0. The second-order valence-corrected chi connectivity index (χ2v) is 7.23. The predicted molar refractivity (Wildman–Crippen MR) is 72.1 cm³/mol. The summed E-state index contributed by atoms with van der Waals surface area (Å²) in [6, 6.07) is 0. The van der Waals surface area contributed by atoms with Crippen LogP contribution in [0, 0.1) is 5.41 Å². The van der Waals surface area contributed by atoms with Gasteiger partial charge in [-0.05, 0) is 12.3 Å². The number of carbonyl (C=O) groups is 2. The Balaban J connectivity index is 4.50. The number of Topliss-reactive ketones (excluding diaryl/α,β-unsaturated/α-hetero) is 1. The number of rotatable bonds is 6. The van der Waals surface area contributed by atoms with Gasteiger partial charge in [0.25, 0.3) is 0 Å². The SMILES string of the molecule is CC(=O)CC(C[N+](C)(C)C)OC(=O)CC(C)(C)C. The van der Waals surface area contributed by atoms with Crippen molar-refractivity contribution in [3.63, 3.8) is 0 Å². The van der Waals surface area contributed by atoms with Crippen molar-refractivity contribution in [3.8, 4) is 0 Å². The number of hydrogen-bond acceptors (Lipinski definition) is 3. The van der Waals surface area contributed by atoms with Gasteiger partial charge in [-0.15, -0.1) is 0 Å². The molecule has 0 saturated heterocycles. The Bertz CT molecular complexity index is 297. The number of nitrogens with zero attached hydrogens (tertiary/aromatic N) is 1. The van der Waals surface area contributed by atoms with Crippen LogP contribution in [0.4, 0.5) is 0 Å². The zero-order valence-electron chi connectivity index (χ0n) is 12.9. The summed E-state index contributed by atoms with van der Waals surface area (Å²) in [6.45, 7) is 8.16. The van der Waals surface area contributed by atoms with Crippen LogP contribution in [-0.4, -0.2) is 50.0 Å². The van der Waals surface area contributed by atoms with E-state index in [9.17, 15) is 9.59 Å². The maximum absolute atomic E-state index is 11.8. The molecular formula is C14H28NO3+. The fourth-order valence-corrected chi connectivity index (χ4v) is 1.74. The summed E-state index contributed by atoms with van der Waals surface area (Å²) < 4.78 is 6.11. The third-order valence-corrected chi connectivity index (χ3v) is 2.24. The van der Waals surface area contributed by atoms with Crippen LogP contribution < -0.4 is 0 Å².